The summed E-state index contributed by atoms with van der Waals surface area (Å²) in [5, 5.41) is 3.17. The normalized spacial score (nSPS) is 11.0. The van der Waals surface area contributed by atoms with E-state index in [0.29, 0.717) is 18.7 Å². The molecule has 0 aliphatic carbocycles. The van der Waals surface area contributed by atoms with Gasteiger partial charge in [-0.2, -0.15) is 0 Å². The predicted octanol–water partition coefficient (Wildman–Crippen LogP) is 3.20. The van der Waals surface area contributed by atoms with Crippen molar-refractivity contribution in [1.82, 2.24) is 19.9 Å². The number of anilines is 1. The number of H-pyrrole nitrogens is 1. The third kappa shape index (κ3) is 3.00. The second-order valence-electron chi connectivity index (χ2n) is 5.78. The highest BCUT2D eigenvalue weighted by atomic mass is 19.1. The monoisotopic (exact) mass is 348 g/mol. The molecule has 4 aromatic rings. The van der Waals surface area contributed by atoms with Crippen LogP contribution in [0.5, 0.6) is 0 Å². The summed E-state index contributed by atoms with van der Waals surface area (Å²) in [7, 11) is 0. The second kappa shape index (κ2) is 6.89. The Balaban J connectivity index is 1.90. The summed E-state index contributed by atoms with van der Waals surface area (Å²) >= 11 is 0. The molecule has 0 radical (unpaired) electrons. The van der Waals surface area contributed by atoms with E-state index in [4.69, 9.17) is 5.73 Å². The number of pyridine rings is 1. The van der Waals surface area contributed by atoms with Crippen molar-refractivity contribution in [1.29, 1.82) is 0 Å². The molecule has 3 aromatic heterocycles. The lowest BCUT2D eigenvalue weighted by Gasteiger charge is -2.08. The number of hydrogen-bond acceptors (Lipinski definition) is 5. The van der Waals surface area contributed by atoms with Gasteiger partial charge in [0.05, 0.1) is 5.69 Å². The van der Waals surface area contributed by atoms with Crippen LogP contribution in [0.4, 0.5) is 10.2 Å². The number of benzene rings is 1. The molecular formula is C19H17FN6. The van der Waals surface area contributed by atoms with Gasteiger partial charge in [-0.1, -0.05) is 12.1 Å². The number of aromatic nitrogens is 4. The fourth-order valence-electron chi connectivity index (χ4n) is 2.91. The maximum Gasteiger partial charge on any atom is 0.157 e. The standard InChI is InChI=1S/C19H17FN6/c20-14-3-1-12(2-4-14)16-17(26-19-18(16)24-9-10-25-19)13-5-7-22-15(11-13)23-8-6-21/h1-5,7,9-11H,6,8,21H2,(H,22,23)(H,25,26). The van der Waals surface area contributed by atoms with Crippen molar-refractivity contribution in [2.24, 2.45) is 5.73 Å². The van der Waals surface area contributed by atoms with Gasteiger partial charge in [-0.3, -0.25) is 4.98 Å². The topological polar surface area (TPSA) is 92.5 Å². The zero-order valence-electron chi connectivity index (χ0n) is 13.9. The molecular weight excluding hydrogens is 331 g/mol. The van der Waals surface area contributed by atoms with Crippen LogP contribution in [0.15, 0.2) is 55.0 Å². The van der Waals surface area contributed by atoms with Crippen LogP contribution in [0.1, 0.15) is 0 Å². The smallest absolute Gasteiger partial charge is 0.157 e. The number of halogens is 1. The minimum atomic E-state index is -0.279. The second-order valence-corrected chi connectivity index (χ2v) is 5.78. The fourth-order valence-corrected chi connectivity index (χ4v) is 2.91. The van der Waals surface area contributed by atoms with Crippen molar-refractivity contribution in [2.45, 2.75) is 0 Å². The van der Waals surface area contributed by atoms with Gasteiger partial charge in [0.15, 0.2) is 5.65 Å². The molecule has 0 saturated carbocycles. The van der Waals surface area contributed by atoms with E-state index in [-0.39, 0.29) is 5.82 Å². The lowest BCUT2D eigenvalue weighted by molar-refractivity contribution is 0.628. The van der Waals surface area contributed by atoms with Gasteiger partial charge in [-0.05, 0) is 29.8 Å². The Bertz CT molecular complexity index is 1040. The summed E-state index contributed by atoms with van der Waals surface area (Å²) in [6, 6.07) is 10.2. The van der Waals surface area contributed by atoms with Gasteiger partial charge in [0, 0.05) is 42.8 Å². The van der Waals surface area contributed by atoms with E-state index in [0.717, 1.165) is 33.7 Å². The molecule has 4 N–H and O–H groups in total. The number of rotatable bonds is 5. The lowest BCUT2D eigenvalue weighted by Crippen LogP contribution is -2.13. The molecule has 0 saturated heterocycles. The molecule has 6 nitrogen and oxygen atoms in total. The first-order chi connectivity index (χ1) is 12.8. The van der Waals surface area contributed by atoms with Crippen molar-refractivity contribution in [2.75, 3.05) is 18.4 Å². The fraction of sp³-hybridized carbons (Fsp3) is 0.105. The van der Waals surface area contributed by atoms with Crippen LogP contribution in [0.25, 0.3) is 33.5 Å². The van der Waals surface area contributed by atoms with Crippen molar-refractivity contribution in [3.05, 3.63) is 60.8 Å². The number of nitrogens with zero attached hydrogens (tertiary/aromatic N) is 3. The van der Waals surface area contributed by atoms with Gasteiger partial charge in [-0.15, -0.1) is 0 Å². The summed E-state index contributed by atoms with van der Waals surface area (Å²) in [4.78, 5) is 16.5. The molecule has 0 aliphatic heterocycles. The quantitative estimate of drug-likeness (QED) is 0.515. The molecule has 26 heavy (non-hydrogen) atoms. The highest BCUT2D eigenvalue weighted by molar-refractivity contribution is 6.00. The highest BCUT2D eigenvalue weighted by Gasteiger charge is 2.17. The third-order valence-electron chi connectivity index (χ3n) is 4.06. The van der Waals surface area contributed by atoms with E-state index in [1.165, 1.54) is 12.1 Å². The van der Waals surface area contributed by atoms with Gasteiger partial charge in [0.2, 0.25) is 0 Å². The van der Waals surface area contributed by atoms with Gasteiger partial charge in [0.1, 0.15) is 17.2 Å². The summed E-state index contributed by atoms with van der Waals surface area (Å²) in [6.45, 7) is 1.16. The number of nitrogens with two attached hydrogens (primary N) is 1. The largest absolute Gasteiger partial charge is 0.369 e. The Morgan fingerprint density at radius 2 is 1.77 bits per heavy atom. The zero-order chi connectivity index (χ0) is 17.9. The Hall–Kier alpha value is -3.32. The average molecular weight is 348 g/mol. The molecule has 0 spiro atoms. The van der Waals surface area contributed by atoms with Gasteiger partial charge < -0.3 is 16.0 Å². The van der Waals surface area contributed by atoms with Crippen molar-refractivity contribution >= 4 is 17.0 Å². The minimum absolute atomic E-state index is 0.279. The van der Waals surface area contributed by atoms with E-state index >= 15 is 0 Å². The van der Waals surface area contributed by atoms with Crippen LogP contribution < -0.4 is 11.1 Å². The SMILES string of the molecule is NCCNc1cc(-c2[nH]c3nccnc3c2-c2ccc(F)cc2)ccn1. The Morgan fingerprint density at radius 3 is 2.58 bits per heavy atom. The molecule has 130 valence electrons. The molecule has 4 rings (SSSR count). The zero-order valence-corrected chi connectivity index (χ0v) is 13.9. The van der Waals surface area contributed by atoms with E-state index in [2.05, 4.69) is 25.3 Å². The maximum absolute atomic E-state index is 13.4. The van der Waals surface area contributed by atoms with Crippen LogP contribution in [-0.4, -0.2) is 33.0 Å². The van der Waals surface area contributed by atoms with E-state index in [1.54, 1.807) is 30.7 Å². The number of hydrogen-bond donors (Lipinski definition) is 3. The van der Waals surface area contributed by atoms with Crippen molar-refractivity contribution < 1.29 is 4.39 Å². The Kier molecular flexibility index (Phi) is 4.28. The molecule has 0 unspecified atom stereocenters. The first-order valence-electron chi connectivity index (χ1n) is 8.25. The molecule has 0 aliphatic rings. The van der Waals surface area contributed by atoms with Gasteiger partial charge >= 0.3 is 0 Å². The summed E-state index contributed by atoms with van der Waals surface area (Å²) in [5.74, 6) is 0.455. The third-order valence-corrected chi connectivity index (χ3v) is 4.06. The minimum Gasteiger partial charge on any atom is -0.369 e. The Labute approximate surface area is 149 Å². The molecule has 0 bridgehead atoms. The lowest BCUT2D eigenvalue weighted by atomic mass is 10.0. The first-order valence-corrected chi connectivity index (χ1v) is 8.25. The summed E-state index contributed by atoms with van der Waals surface area (Å²) in [6.07, 6.45) is 5.01. The number of fused-ring (bicyclic) bond motifs is 1. The number of nitrogens with one attached hydrogen (secondary N) is 2. The van der Waals surface area contributed by atoms with Crippen LogP contribution in [0, 0.1) is 5.82 Å². The molecule has 0 fully saturated rings. The van der Waals surface area contributed by atoms with Crippen LogP contribution in [-0.2, 0) is 0 Å². The van der Waals surface area contributed by atoms with Crippen LogP contribution >= 0.6 is 0 Å². The van der Waals surface area contributed by atoms with Crippen molar-refractivity contribution in [3.63, 3.8) is 0 Å². The number of aromatic amines is 1. The van der Waals surface area contributed by atoms with E-state index in [9.17, 15) is 4.39 Å². The van der Waals surface area contributed by atoms with Crippen molar-refractivity contribution in [3.8, 4) is 22.4 Å². The maximum atomic E-state index is 13.4. The molecule has 7 heteroatoms. The predicted molar refractivity (Wildman–Crippen MR) is 100 cm³/mol. The molecule has 0 amide bonds. The van der Waals surface area contributed by atoms with E-state index < -0.39 is 0 Å². The summed E-state index contributed by atoms with van der Waals surface area (Å²) in [5.41, 5.74) is 10.5. The molecule has 0 atom stereocenters. The van der Waals surface area contributed by atoms with Crippen LogP contribution in [0.2, 0.25) is 0 Å². The Morgan fingerprint density at radius 1 is 0.962 bits per heavy atom. The first kappa shape index (κ1) is 16.2. The van der Waals surface area contributed by atoms with Gasteiger partial charge in [-0.25, -0.2) is 14.4 Å². The average Bonchev–Trinajstić information content (AvgIpc) is 3.07. The van der Waals surface area contributed by atoms with Crippen LogP contribution in [0.3, 0.4) is 0 Å². The highest BCUT2D eigenvalue weighted by Crippen LogP contribution is 2.37. The van der Waals surface area contributed by atoms with E-state index in [1.807, 2.05) is 12.1 Å². The molecule has 1 aromatic carbocycles. The summed E-state index contributed by atoms with van der Waals surface area (Å²) < 4.78 is 13.4. The van der Waals surface area contributed by atoms with Gasteiger partial charge in [0.25, 0.3) is 0 Å². The molecule has 3 heterocycles.